The molecule has 0 heterocycles. The van der Waals surface area contributed by atoms with Crippen LogP contribution in [0.2, 0.25) is 0 Å². The van der Waals surface area contributed by atoms with Gasteiger partial charge in [-0.3, -0.25) is 9.98 Å². The van der Waals surface area contributed by atoms with E-state index in [1.54, 1.807) is 12.4 Å². The first-order valence-electron chi connectivity index (χ1n) is 8.36. The van der Waals surface area contributed by atoms with Gasteiger partial charge in [0.2, 0.25) is 0 Å². The van der Waals surface area contributed by atoms with Crippen molar-refractivity contribution in [1.29, 1.82) is 0 Å². The van der Waals surface area contributed by atoms with E-state index in [1.807, 2.05) is 0 Å². The number of rotatable bonds is 3. The van der Waals surface area contributed by atoms with Gasteiger partial charge in [0.25, 0.3) is 0 Å². The van der Waals surface area contributed by atoms with Crippen molar-refractivity contribution in [1.82, 2.24) is 0 Å². The van der Waals surface area contributed by atoms with Gasteiger partial charge in [0.15, 0.2) is 0 Å². The Kier molecular flexibility index (Phi) is 10.1. The van der Waals surface area contributed by atoms with Crippen molar-refractivity contribution in [3.05, 3.63) is 57.6 Å². The van der Waals surface area contributed by atoms with E-state index in [0.717, 1.165) is 11.4 Å². The van der Waals surface area contributed by atoms with Crippen molar-refractivity contribution < 1.29 is 12.3 Å². The molecule has 0 bridgehead atoms. The minimum absolute atomic E-state index is 1.04. The molecule has 0 saturated carbocycles. The fourth-order valence-corrected chi connectivity index (χ4v) is 2.97. The summed E-state index contributed by atoms with van der Waals surface area (Å²) in [5.74, 6) is 0. The molecule has 146 valence electrons. The molecule has 0 fully saturated rings. The molecule has 0 spiro atoms. The number of hydrogen-bond donors (Lipinski definition) is 0. The van der Waals surface area contributed by atoms with Gasteiger partial charge in [0.1, 0.15) is 0 Å². The van der Waals surface area contributed by atoms with Gasteiger partial charge in [-0.15, -0.1) is 0 Å². The van der Waals surface area contributed by atoms with E-state index < -0.39 is 12.3 Å². The molecular weight excluding hydrogens is 458 g/mol. The van der Waals surface area contributed by atoms with E-state index >= 15 is 0 Å². The molecule has 0 unspecified atom stereocenters. The Morgan fingerprint density at radius 3 is 1.04 bits per heavy atom. The average molecular weight is 482 g/mol. The molecule has 2 aromatic rings. The van der Waals surface area contributed by atoms with Gasteiger partial charge in [0.05, 0.1) is 11.4 Å². The van der Waals surface area contributed by atoms with Gasteiger partial charge < -0.3 is 0 Å². The SMILES string of the molecule is Cc1cc(C)c(N=CC=Nc2c(C)cc(C)cc2C)c(C)c1.[Cl][Ti]([Cl])([Cl])[Cl]. The van der Waals surface area contributed by atoms with E-state index in [1.165, 1.54) is 33.4 Å². The summed E-state index contributed by atoms with van der Waals surface area (Å²) in [6, 6.07) is 8.63. The predicted molar refractivity (Wildman–Crippen MR) is 121 cm³/mol. The van der Waals surface area contributed by atoms with Crippen LogP contribution >= 0.6 is 37.2 Å². The molecule has 2 nitrogen and oxygen atoms in total. The molecular formula is C20H24Cl4N2Ti. The van der Waals surface area contributed by atoms with Crippen LogP contribution in [0.5, 0.6) is 0 Å². The first-order valence-corrected chi connectivity index (χ1v) is 17.0. The molecule has 0 aliphatic rings. The molecule has 0 aliphatic carbocycles. The summed E-state index contributed by atoms with van der Waals surface area (Å²) in [6.45, 7) is 12.6. The molecule has 7 heteroatoms. The number of halogens is 4. The first-order chi connectivity index (χ1) is 12.4. The van der Waals surface area contributed by atoms with Crippen LogP contribution < -0.4 is 0 Å². The molecule has 0 aromatic heterocycles. The molecule has 2 aromatic carbocycles. The average Bonchev–Trinajstić information content (AvgIpc) is 2.45. The molecule has 27 heavy (non-hydrogen) atoms. The Balaban J connectivity index is 0.000000646. The summed E-state index contributed by atoms with van der Waals surface area (Å²) in [5, 5.41) is 0. The summed E-state index contributed by atoms with van der Waals surface area (Å²) in [5.41, 5.74) is 9.41. The van der Waals surface area contributed by atoms with Crippen LogP contribution in [0.25, 0.3) is 0 Å². The van der Waals surface area contributed by atoms with Crippen molar-refractivity contribution in [3.63, 3.8) is 0 Å². The van der Waals surface area contributed by atoms with Crippen LogP contribution in [-0.2, 0) is 12.3 Å². The molecule has 0 saturated heterocycles. The van der Waals surface area contributed by atoms with Crippen LogP contribution in [0.3, 0.4) is 0 Å². The first kappa shape index (κ1) is 24.7. The van der Waals surface area contributed by atoms with Crippen LogP contribution in [0.4, 0.5) is 11.4 Å². The fraction of sp³-hybridized carbons (Fsp3) is 0.300. The topological polar surface area (TPSA) is 24.7 Å². The van der Waals surface area contributed by atoms with Crippen molar-refractivity contribution in [2.45, 2.75) is 41.5 Å². The number of benzene rings is 2. The van der Waals surface area contributed by atoms with Crippen LogP contribution in [0.1, 0.15) is 33.4 Å². The van der Waals surface area contributed by atoms with Gasteiger partial charge in [-0.1, -0.05) is 35.4 Å². The Labute approximate surface area is 181 Å². The summed E-state index contributed by atoms with van der Waals surface area (Å²) in [4.78, 5) is 9.13. The molecule has 0 aliphatic heterocycles. The third kappa shape index (κ3) is 9.61. The van der Waals surface area contributed by atoms with Gasteiger partial charge >= 0.3 is 49.6 Å². The number of hydrogen-bond acceptors (Lipinski definition) is 2. The molecule has 2 rings (SSSR count). The number of aliphatic imine (C=N–C) groups is 2. The third-order valence-corrected chi connectivity index (χ3v) is 3.74. The van der Waals surface area contributed by atoms with E-state index in [-0.39, 0.29) is 0 Å². The van der Waals surface area contributed by atoms with Crippen molar-refractivity contribution in [2.75, 3.05) is 0 Å². The van der Waals surface area contributed by atoms with Crippen LogP contribution in [-0.4, -0.2) is 12.4 Å². The number of nitrogens with zero attached hydrogens (tertiary/aromatic N) is 2. The second-order valence-corrected chi connectivity index (χ2v) is 22.0. The normalized spacial score (nSPS) is 11.8. The summed E-state index contributed by atoms with van der Waals surface area (Å²) in [6.07, 6.45) is 3.56. The summed E-state index contributed by atoms with van der Waals surface area (Å²) >= 11 is -3.11. The maximum atomic E-state index is 5.01. The summed E-state index contributed by atoms with van der Waals surface area (Å²) in [7, 11) is 20.1. The number of aryl methyl sites for hydroxylation is 6. The summed E-state index contributed by atoms with van der Waals surface area (Å²) < 4.78 is 0. The standard InChI is InChI=1S/C20H24N2.4ClH.Ti/c1-13-9-15(3)19(16(4)10-13)21-7-8-22-20-17(5)11-14(2)12-18(20)6;;;;;/h7-12H,1-6H3;4*1H;/q;;;;;+4/p-4. The van der Waals surface area contributed by atoms with E-state index in [2.05, 4.69) is 75.8 Å². The molecule has 0 atom stereocenters. The predicted octanol–water partition coefficient (Wildman–Crippen LogP) is 8.40. The van der Waals surface area contributed by atoms with E-state index in [4.69, 9.17) is 37.2 Å². The third-order valence-electron chi connectivity index (χ3n) is 3.74. The maximum absolute atomic E-state index is 5.01. The quantitative estimate of drug-likeness (QED) is 0.310. The zero-order valence-corrected chi connectivity index (χ0v) is 21.0. The molecule has 0 N–H and O–H groups in total. The Morgan fingerprint density at radius 1 is 0.593 bits per heavy atom. The molecule has 0 radical (unpaired) electrons. The van der Waals surface area contributed by atoms with Gasteiger partial charge in [0, 0.05) is 12.4 Å². The van der Waals surface area contributed by atoms with Gasteiger partial charge in [-0.2, -0.15) is 0 Å². The Hall–Kier alpha value is -0.346. The van der Waals surface area contributed by atoms with Crippen molar-refractivity contribution in [2.24, 2.45) is 9.98 Å². The second kappa shape index (κ2) is 11.0. The second-order valence-electron chi connectivity index (χ2n) is 6.48. The van der Waals surface area contributed by atoms with Gasteiger partial charge in [-0.05, 0) is 63.8 Å². The fourth-order valence-electron chi connectivity index (χ4n) is 2.97. The Morgan fingerprint density at radius 2 is 0.815 bits per heavy atom. The van der Waals surface area contributed by atoms with Crippen molar-refractivity contribution in [3.8, 4) is 0 Å². The van der Waals surface area contributed by atoms with E-state index in [0.29, 0.717) is 0 Å². The zero-order valence-electron chi connectivity index (χ0n) is 16.4. The monoisotopic (exact) mass is 480 g/mol. The van der Waals surface area contributed by atoms with Gasteiger partial charge in [-0.25, -0.2) is 0 Å². The van der Waals surface area contributed by atoms with Crippen LogP contribution in [0, 0.1) is 41.5 Å². The molecule has 0 amide bonds. The van der Waals surface area contributed by atoms with Crippen LogP contribution in [0.15, 0.2) is 34.3 Å². The zero-order chi connectivity index (χ0) is 20.8. The Bertz CT molecular complexity index is 738. The minimum atomic E-state index is -3.11. The van der Waals surface area contributed by atoms with Crippen molar-refractivity contribution >= 4 is 61.0 Å². The van der Waals surface area contributed by atoms with E-state index in [9.17, 15) is 0 Å².